The Kier molecular flexibility index (Phi) is 2.09. The van der Waals surface area contributed by atoms with Gasteiger partial charge in [-0.25, -0.2) is 0 Å². The van der Waals surface area contributed by atoms with Crippen LogP contribution in [0.5, 0.6) is 0 Å². The maximum absolute atomic E-state index is 3.32. The smallest absolute Gasteiger partial charge is 0.0456 e. The number of aromatic nitrogens is 1. The monoisotopic (exact) mass is 197 g/mol. The van der Waals surface area contributed by atoms with E-state index in [0.29, 0.717) is 0 Å². The van der Waals surface area contributed by atoms with Crippen molar-refractivity contribution in [3.63, 3.8) is 0 Å². The Morgan fingerprint density at radius 1 is 1.20 bits per heavy atom. The molecular weight excluding hydrogens is 182 g/mol. The van der Waals surface area contributed by atoms with Gasteiger partial charge in [0.15, 0.2) is 0 Å². The molecule has 0 atom stereocenters. The van der Waals surface area contributed by atoms with Gasteiger partial charge in [-0.2, -0.15) is 0 Å². The van der Waals surface area contributed by atoms with Crippen LogP contribution in [0.2, 0.25) is 0 Å². The van der Waals surface area contributed by atoms with Gasteiger partial charge < -0.3 is 4.98 Å². The van der Waals surface area contributed by atoms with Crippen molar-refractivity contribution < 1.29 is 0 Å². The summed E-state index contributed by atoms with van der Waals surface area (Å²) in [5.74, 6) is 0. The highest BCUT2D eigenvalue weighted by Gasteiger charge is 2.08. The number of hydrogen-bond acceptors (Lipinski definition) is 0. The molecule has 1 aliphatic rings. The maximum atomic E-state index is 3.32. The van der Waals surface area contributed by atoms with Crippen LogP contribution in [0.25, 0.3) is 10.9 Å². The summed E-state index contributed by atoms with van der Waals surface area (Å²) in [6, 6.07) is 8.51. The molecule has 1 fully saturated rings. The molecular formula is C14H15N. The Balaban J connectivity index is 1.90. The lowest BCUT2D eigenvalue weighted by Crippen LogP contribution is -1.96. The number of hydrogen-bond donors (Lipinski definition) is 1. The highest BCUT2D eigenvalue weighted by molar-refractivity contribution is 5.83. The Morgan fingerprint density at radius 2 is 2.07 bits per heavy atom. The van der Waals surface area contributed by atoms with Gasteiger partial charge in [0, 0.05) is 17.1 Å². The van der Waals surface area contributed by atoms with Crippen molar-refractivity contribution in [2.24, 2.45) is 0 Å². The summed E-state index contributed by atoms with van der Waals surface area (Å²) < 4.78 is 0. The summed E-state index contributed by atoms with van der Waals surface area (Å²) in [5, 5.41) is 1.37. The summed E-state index contributed by atoms with van der Waals surface area (Å²) in [6.45, 7) is 0. The van der Waals surface area contributed by atoms with Crippen molar-refractivity contribution in [1.29, 1.82) is 0 Å². The molecule has 1 heterocycles. The van der Waals surface area contributed by atoms with Gasteiger partial charge in [-0.15, -0.1) is 0 Å². The predicted molar refractivity (Wildman–Crippen MR) is 63.9 cm³/mol. The third-order valence-electron chi connectivity index (χ3n) is 3.28. The topological polar surface area (TPSA) is 15.8 Å². The van der Waals surface area contributed by atoms with Gasteiger partial charge in [-0.3, -0.25) is 0 Å². The van der Waals surface area contributed by atoms with E-state index in [1.165, 1.54) is 35.7 Å². The van der Waals surface area contributed by atoms with E-state index in [4.69, 9.17) is 0 Å². The second kappa shape index (κ2) is 3.58. The predicted octanol–water partition coefficient (Wildman–Crippen LogP) is 3.82. The minimum absolute atomic E-state index is 1.08. The number of para-hydroxylation sites is 1. The lowest BCUT2D eigenvalue weighted by Gasteiger charge is -2.15. The van der Waals surface area contributed by atoms with Crippen LogP contribution < -0.4 is 0 Å². The first-order chi connectivity index (χ1) is 7.43. The van der Waals surface area contributed by atoms with Crippen LogP contribution in [0.4, 0.5) is 0 Å². The Hall–Kier alpha value is -1.50. The average Bonchev–Trinajstić information content (AvgIpc) is 2.60. The molecule has 0 bridgehead atoms. The first-order valence-electron chi connectivity index (χ1n) is 5.66. The molecule has 15 heavy (non-hydrogen) atoms. The number of aromatic amines is 1. The molecule has 1 aromatic heterocycles. The lowest BCUT2D eigenvalue weighted by atomic mass is 9.91. The first kappa shape index (κ1) is 8.78. The molecule has 0 saturated heterocycles. The summed E-state index contributed by atoms with van der Waals surface area (Å²) in [4.78, 5) is 3.32. The maximum Gasteiger partial charge on any atom is 0.0456 e. The Labute approximate surface area is 89.8 Å². The summed E-state index contributed by atoms with van der Waals surface area (Å²) >= 11 is 0. The van der Waals surface area contributed by atoms with E-state index in [1.807, 2.05) is 0 Å². The molecule has 1 heteroatoms. The van der Waals surface area contributed by atoms with Crippen LogP contribution in [-0.4, -0.2) is 4.98 Å². The Bertz CT molecular complexity index is 499. The van der Waals surface area contributed by atoms with Crippen molar-refractivity contribution in [1.82, 2.24) is 4.98 Å². The molecule has 0 spiro atoms. The van der Waals surface area contributed by atoms with Crippen LogP contribution in [-0.2, 0) is 6.42 Å². The van der Waals surface area contributed by atoms with E-state index in [1.54, 1.807) is 5.57 Å². The molecule has 76 valence electrons. The minimum atomic E-state index is 1.08. The van der Waals surface area contributed by atoms with Gasteiger partial charge in [-0.05, 0) is 37.3 Å². The van der Waals surface area contributed by atoms with Crippen molar-refractivity contribution >= 4 is 10.9 Å². The second-order valence-electron chi connectivity index (χ2n) is 4.28. The van der Waals surface area contributed by atoms with Gasteiger partial charge in [0.05, 0.1) is 0 Å². The first-order valence-corrected chi connectivity index (χ1v) is 5.66. The highest BCUT2D eigenvalue weighted by atomic mass is 14.7. The van der Waals surface area contributed by atoms with Crippen molar-refractivity contribution in [2.75, 3.05) is 0 Å². The van der Waals surface area contributed by atoms with Crippen LogP contribution in [0.15, 0.2) is 42.1 Å². The minimum Gasteiger partial charge on any atom is -0.361 e. The molecule has 0 radical (unpaired) electrons. The molecule has 1 aromatic carbocycles. The normalized spacial score (nSPS) is 15.3. The number of H-pyrrole nitrogens is 1. The van der Waals surface area contributed by atoms with E-state index < -0.39 is 0 Å². The lowest BCUT2D eigenvalue weighted by molar-refractivity contribution is 0.658. The summed E-state index contributed by atoms with van der Waals surface area (Å²) in [5.41, 5.74) is 4.31. The second-order valence-corrected chi connectivity index (χ2v) is 4.28. The number of benzene rings is 1. The average molecular weight is 197 g/mol. The van der Waals surface area contributed by atoms with E-state index in [-0.39, 0.29) is 0 Å². The van der Waals surface area contributed by atoms with Crippen LogP contribution in [0.3, 0.4) is 0 Å². The van der Waals surface area contributed by atoms with Gasteiger partial charge in [0.2, 0.25) is 0 Å². The zero-order chi connectivity index (χ0) is 10.1. The zero-order valence-electron chi connectivity index (χ0n) is 8.79. The van der Waals surface area contributed by atoms with E-state index in [0.717, 1.165) is 6.42 Å². The van der Waals surface area contributed by atoms with E-state index in [2.05, 4.69) is 41.5 Å². The highest BCUT2D eigenvalue weighted by Crippen LogP contribution is 2.26. The third-order valence-corrected chi connectivity index (χ3v) is 3.28. The van der Waals surface area contributed by atoms with Gasteiger partial charge in [-0.1, -0.05) is 29.8 Å². The van der Waals surface area contributed by atoms with Gasteiger partial charge >= 0.3 is 0 Å². The fraction of sp³-hybridized carbons (Fsp3) is 0.286. The number of rotatable bonds is 2. The SMILES string of the molecule is C(Cc1c[nH]c2ccccc12)=C1CCC1. The molecule has 1 N–H and O–H groups in total. The van der Waals surface area contributed by atoms with E-state index >= 15 is 0 Å². The fourth-order valence-electron chi connectivity index (χ4n) is 2.14. The van der Waals surface area contributed by atoms with Crippen LogP contribution in [0.1, 0.15) is 24.8 Å². The molecule has 2 aromatic rings. The summed E-state index contributed by atoms with van der Waals surface area (Å²) in [6.07, 6.45) is 9.66. The molecule has 1 saturated carbocycles. The molecule has 1 aliphatic carbocycles. The number of fused-ring (bicyclic) bond motifs is 1. The molecule has 0 amide bonds. The van der Waals surface area contributed by atoms with Crippen LogP contribution >= 0.6 is 0 Å². The van der Waals surface area contributed by atoms with Gasteiger partial charge in [0.25, 0.3) is 0 Å². The Morgan fingerprint density at radius 3 is 2.87 bits per heavy atom. The van der Waals surface area contributed by atoms with E-state index in [9.17, 15) is 0 Å². The summed E-state index contributed by atoms with van der Waals surface area (Å²) in [7, 11) is 0. The largest absolute Gasteiger partial charge is 0.361 e. The van der Waals surface area contributed by atoms with Crippen molar-refractivity contribution in [2.45, 2.75) is 25.7 Å². The van der Waals surface area contributed by atoms with Gasteiger partial charge in [0.1, 0.15) is 0 Å². The van der Waals surface area contributed by atoms with Crippen LogP contribution in [0, 0.1) is 0 Å². The molecule has 0 aliphatic heterocycles. The number of nitrogens with one attached hydrogen (secondary N) is 1. The molecule has 3 rings (SSSR count). The van der Waals surface area contributed by atoms with Crippen molar-refractivity contribution in [3.05, 3.63) is 47.7 Å². The van der Waals surface area contributed by atoms with Crippen molar-refractivity contribution in [3.8, 4) is 0 Å². The molecule has 0 unspecified atom stereocenters. The quantitative estimate of drug-likeness (QED) is 0.704. The third kappa shape index (κ3) is 1.58. The standard InChI is InChI=1S/C14H15N/c1-2-7-14-13(6-1)12(10-15-14)9-8-11-4-3-5-11/h1-2,6-8,10,15H,3-5,9H2. The molecule has 1 nitrogen and oxygen atoms in total. The fourth-order valence-corrected chi connectivity index (χ4v) is 2.14. The number of allylic oxidation sites excluding steroid dienone is 2. The zero-order valence-corrected chi connectivity index (χ0v) is 8.79.